The third-order valence-electron chi connectivity index (χ3n) is 7.77. The number of aliphatic hydroxyl groups excluding tert-OH is 1. The van der Waals surface area contributed by atoms with Crippen molar-refractivity contribution in [2.24, 2.45) is 0 Å². The summed E-state index contributed by atoms with van der Waals surface area (Å²) >= 11 is 0. The Labute approximate surface area is 188 Å². The second-order valence-corrected chi connectivity index (χ2v) is 9.30. The predicted molar refractivity (Wildman–Crippen MR) is 126 cm³/mol. The highest BCUT2D eigenvalue weighted by Crippen LogP contribution is 2.49. The SMILES string of the molecule is C[C@]1(n2c3ccccc3c3c4c(c5c6ccccc6[nH]c5c32)C(=O)NC4)OCC[C@]1(O)CO. The zero-order valence-corrected chi connectivity index (χ0v) is 18.1. The normalized spacial score (nSPS) is 25.0. The summed E-state index contributed by atoms with van der Waals surface area (Å²) in [5.74, 6) is -0.0753. The molecule has 7 heteroatoms. The van der Waals surface area contributed by atoms with E-state index in [0.717, 1.165) is 49.2 Å². The molecular formula is C26H23N3O4. The van der Waals surface area contributed by atoms with E-state index in [-0.39, 0.29) is 5.91 Å². The quantitative estimate of drug-likeness (QED) is 0.337. The van der Waals surface area contributed by atoms with E-state index in [1.54, 1.807) is 0 Å². The van der Waals surface area contributed by atoms with Crippen molar-refractivity contribution in [2.75, 3.05) is 13.2 Å². The van der Waals surface area contributed by atoms with Crippen LogP contribution in [-0.4, -0.2) is 44.5 Å². The van der Waals surface area contributed by atoms with Crippen molar-refractivity contribution in [1.82, 2.24) is 14.9 Å². The lowest BCUT2D eigenvalue weighted by atomic mass is 9.91. The van der Waals surface area contributed by atoms with Gasteiger partial charge < -0.3 is 29.8 Å². The van der Waals surface area contributed by atoms with Crippen LogP contribution < -0.4 is 5.32 Å². The van der Waals surface area contributed by atoms with Crippen LogP contribution >= 0.6 is 0 Å². The van der Waals surface area contributed by atoms with E-state index in [1.165, 1.54) is 0 Å². The van der Waals surface area contributed by atoms with Crippen LogP contribution in [0.25, 0.3) is 43.6 Å². The standard InChI is InChI=1S/C26H23N3O4/c1-25(26(32,13-30)10-11-33-25)29-18-9-5-3-7-15(18)19-16-12-27-24(31)21(16)20-14-6-2-4-8-17(14)28-22(20)23(19)29/h2-9,28,30,32H,10-13H2,1H3,(H,27,31)/t25-,26-/m0/s1. The van der Waals surface area contributed by atoms with Crippen molar-refractivity contribution in [3.8, 4) is 0 Å². The lowest BCUT2D eigenvalue weighted by Gasteiger charge is -2.39. The highest BCUT2D eigenvalue weighted by atomic mass is 16.5. The summed E-state index contributed by atoms with van der Waals surface area (Å²) in [6.45, 7) is 2.20. The fourth-order valence-electron chi connectivity index (χ4n) is 6.05. The second-order valence-electron chi connectivity index (χ2n) is 9.30. The smallest absolute Gasteiger partial charge is 0.252 e. The Morgan fingerprint density at radius 3 is 2.67 bits per heavy atom. The second kappa shape index (κ2) is 6.14. The van der Waals surface area contributed by atoms with E-state index >= 15 is 0 Å². The van der Waals surface area contributed by atoms with E-state index in [2.05, 4.69) is 10.3 Å². The molecule has 0 spiro atoms. The molecule has 4 heterocycles. The van der Waals surface area contributed by atoms with Gasteiger partial charge in [-0.1, -0.05) is 36.4 Å². The third kappa shape index (κ3) is 2.13. The first-order valence-corrected chi connectivity index (χ1v) is 11.2. The number of nitrogens with one attached hydrogen (secondary N) is 2. The minimum atomic E-state index is -1.45. The van der Waals surface area contributed by atoms with Gasteiger partial charge >= 0.3 is 0 Å². The number of amides is 1. The molecule has 4 N–H and O–H groups in total. The zero-order chi connectivity index (χ0) is 22.5. The number of ether oxygens (including phenoxy) is 1. The Morgan fingerprint density at radius 1 is 1.09 bits per heavy atom. The third-order valence-corrected chi connectivity index (χ3v) is 7.77. The number of aromatic nitrogens is 2. The molecule has 7 nitrogen and oxygen atoms in total. The van der Waals surface area contributed by atoms with Gasteiger partial charge in [-0.25, -0.2) is 0 Å². The van der Waals surface area contributed by atoms with Crippen LogP contribution in [0.15, 0.2) is 48.5 Å². The summed E-state index contributed by atoms with van der Waals surface area (Å²) in [7, 11) is 0. The minimum absolute atomic E-state index is 0.0753. The number of para-hydroxylation sites is 2. The maximum atomic E-state index is 13.0. The molecule has 2 aliphatic heterocycles. The molecule has 0 bridgehead atoms. The zero-order valence-electron chi connectivity index (χ0n) is 18.1. The lowest BCUT2D eigenvalue weighted by Crippen LogP contribution is -2.53. The van der Waals surface area contributed by atoms with Gasteiger partial charge in [-0.3, -0.25) is 4.79 Å². The Kier molecular flexibility index (Phi) is 3.55. The number of benzene rings is 3. The molecule has 33 heavy (non-hydrogen) atoms. The summed E-state index contributed by atoms with van der Waals surface area (Å²) in [6.07, 6.45) is 0.328. The highest BCUT2D eigenvalue weighted by molar-refractivity contribution is 6.30. The van der Waals surface area contributed by atoms with Crippen LogP contribution in [0.2, 0.25) is 0 Å². The minimum Gasteiger partial charge on any atom is -0.393 e. The first-order valence-electron chi connectivity index (χ1n) is 11.2. The molecule has 0 aliphatic carbocycles. The van der Waals surface area contributed by atoms with Gasteiger partial charge in [0.05, 0.1) is 35.3 Å². The van der Waals surface area contributed by atoms with Gasteiger partial charge in [0.15, 0.2) is 5.72 Å². The van der Waals surface area contributed by atoms with E-state index in [0.29, 0.717) is 25.1 Å². The molecule has 2 atom stereocenters. The molecular weight excluding hydrogens is 418 g/mol. The van der Waals surface area contributed by atoms with Gasteiger partial charge in [0.25, 0.3) is 5.91 Å². The average molecular weight is 441 g/mol. The number of rotatable bonds is 2. The number of nitrogens with zero attached hydrogens (tertiary/aromatic N) is 1. The van der Waals surface area contributed by atoms with Gasteiger partial charge in [-0.15, -0.1) is 0 Å². The molecule has 0 unspecified atom stereocenters. The van der Waals surface area contributed by atoms with E-state index < -0.39 is 17.9 Å². The van der Waals surface area contributed by atoms with Crippen molar-refractivity contribution in [2.45, 2.75) is 31.2 Å². The van der Waals surface area contributed by atoms with Crippen LogP contribution in [-0.2, 0) is 17.0 Å². The summed E-state index contributed by atoms with van der Waals surface area (Å²) < 4.78 is 8.26. The van der Waals surface area contributed by atoms with Crippen molar-refractivity contribution < 1.29 is 19.7 Å². The molecule has 0 saturated carbocycles. The Bertz CT molecular complexity index is 1650. The predicted octanol–water partition coefficient (Wildman–Crippen LogP) is 3.49. The van der Waals surface area contributed by atoms with E-state index in [4.69, 9.17) is 4.74 Å². The molecule has 3 aromatic carbocycles. The number of carbonyl (C=O) groups excluding carboxylic acids is 1. The average Bonchev–Trinajstić information content (AvgIpc) is 3.55. The van der Waals surface area contributed by atoms with E-state index in [1.807, 2.05) is 60.0 Å². The van der Waals surface area contributed by atoms with Crippen LogP contribution in [0.1, 0.15) is 29.3 Å². The summed E-state index contributed by atoms with van der Waals surface area (Å²) in [4.78, 5) is 16.6. The lowest BCUT2D eigenvalue weighted by molar-refractivity contribution is -0.174. The van der Waals surface area contributed by atoms with Crippen molar-refractivity contribution in [1.29, 1.82) is 0 Å². The van der Waals surface area contributed by atoms with Gasteiger partial charge in [-0.2, -0.15) is 0 Å². The maximum Gasteiger partial charge on any atom is 0.252 e. The van der Waals surface area contributed by atoms with Crippen molar-refractivity contribution in [3.05, 3.63) is 59.7 Å². The monoisotopic (exact) mass is 441 g/mol. The maximum absolute atomic E-state index is 13.0. The van der Waals surface area contributed by atoms with Gasteiger partial charge in [0.1, 0.15) is 5.60 Å². The molecule has 5 aromatic rings. The summed E-state index contributed by atoms with van der Waals surface area (Å²) in [5.41, 5.74) is 2.53. The molecule has 1 amide bonds. The number of hydrogen-bond acceptors (Lipinski definition) is 4. The van der Waals surface area contributed by atoms with Crippen LogP contribution in [0, 0.1) is 0 Å². The molecule has 1 fully saturated rings. The van der Waals surface area contributed by atoms with Gasteiger partial charge in [0, 0.05) is 40.0 Å². The Balaban J connectivity index is 1.79. The van der Waals surface area contributed by atoms with Gasteiger partial charge in [0.2, 0.25) is 0 Å². The topological polar surface area (TPSA) is 99.5 Å². The van der Waals surface area contributed by atoms with Crippen LogP contribution in [0.3, 0.4) is 0 Å². The first kappa shape index (κ1) is 19.1. The van der Waals surface area contributed by atoms with Crippen molar-refractivity contribution in [3.63, 3.8) is 0 Å². The molecule has 0 radical (unpaired) electrons. The number of H-pyrrole nitrogens is 1. The fourth-order valence-corrected chi connectivity index (χ4v) is 6.05. The van der Waals surface area contributed by atoms with Crippen molar-refractivity contribution >= 4 is 49.5 Å². The number of hydrogen-bond donors (Lipinski definition) is 4. The summed E-state index contributed by atoms with van der Waals surface area (Å²) in [5, 5.41) is 28.5. The number of fused-ring (bicyclic) bond motifs is 10. The van der Waals surface area contributed by atoms with Crippen LogP contribution in [0.4, 0.5) is 0 Å². The molecule has 2 aliphatic rings. The number of carbonyl (C=O) groups is 1. The molecule has 166 valence electrons. The number of aliphatic hydroxyl groups is 2. The summed E-state index contributed by atoms with van der Waals surface area (Å²) in [6, 6.07) is 16.0. The fraction of sp³-hybridized carbons (Fsp3) is 0.269. The van der Waals surface area contributed by atoms with Crippen LogP contribution in [0.5, 0.6) is 0 Å². The first-order chi connectivity index (χ1) is 16.0. The molecule has 1 saturated heterocycles. The number of aromatic amines is 1. The van der Waals surface area contributed by atoms with Gasteiger partial charge in [-0.05, 0) is 24.6 Å². The Morgan fingerprint density at radius 2 is 1.85 bits per heavy atom. The molecule has 2 aromatic heterocycles. The highest BCUT2D eigenvalue weighted by Gasteiger charge is 2.55. The molecule has 7 rings (SSSR count). The Hall–Kier alpha value is -3.39. The largest absolute Gasteiger partial charge is 0.393 e. The van der Waals surface area contributed by atoms with E-state index in [9.17, 15) is 15.0 Å².